The molecule has 4 nitrogen and oxygen atoms in total. The fourth-order valence-corrected chi connectivity index (χ4v) is 3.11. The summed E-state index contributed by atoms with van der Waals surface area (Å²) >= 11 is 0. The van der Waals surface area contributed by atoms with E-state index in [2.05, 4.69) is 47.2 Å². The summed E-state index contributed by atoms with van der Waals surface area (Å²) in [6, 6.07) is 16.8. The van der Waals surface area contributed by atoms with Crippen molar-refractivity contribution in [3.63, 3.8) is 0 Å². The second kappa shape index (κ2) is 7.49. The van der Waals surface area contributed by atoms with Crippen molar-refractivity contribution in [3.8, 4) is 0 Å². The predicted molar refractivity (Wildman–Crippen MR) is 95.5 cm³/mol. The van der Waals surface area contributed by atoms with Crippen LogP contribution in [0.1, 0.15) is 11.1 Å². The number of para-hydroxylation sites is 1. The minimum atomic E-state index is 0.813. The van der Waals surface area contributed by atoms with Crippen molar-refractivity contribution in [2.75, 3.05) is 44.0 Å². The Labute approximate surface area is 138 Å². The van der Waals surface area contributed by atoms with Crippen LogP contribution in [0, 0.1) is 0 Å². The minimum absolute atomic E-state index is 0.813. The molecule has 1 fully saturated rings. The Bertz CT molecular complexity index is 638. The minimum Gasteiger partial charge on any atom is -0.399 e. The van der Waals surface area contributed by atoms with Crippen LogP contribution in [0.3, 0.4) is 0 Å². The van der Waals surface area contributed by atoms with E-state index in [-0.39, 0.29) is 0 Å². The molecule has 0 spiro atoms. The van der Waals surface area contributed by atoms with Crippen molar-refractivity contribution in [2.45, 2.75) is 13.1 Å². The molecule has 0 unspecified atom stereocenters. The normalized spacial score (nSPS) is 15.1. The van der Waals surface area contributed by atoms with Crippen molar-refractivity contribution in [1.82, 2.24) is 4.90 Å². The van der Waals surface area contributed by atoms with Gasteiger partial charge < -0.3 is 15.4 Å². The maximum atomic E-state index is 5.87. The summed E-state index contributed by atoms with van der Waals surface area (Å²) in [5, 5.41) is 0. The van der Waals surface area contributed by atoms with Gasteiger partial charge in [-0.05, 0) is 36.4 Å². The van der Waals surface area contributed by atoms with E-state index >= 15 is 0 Å². The summed E-state index contributed by atoms with van der Waals surface area (Å²) in [5.74, 6) is 0. The van der Waals surface area contributed by atoms with Gasteiger partial charge in [-0.15, -0.1) is 0 Å². The van der Waals surface area contributed by atoms with E-state index in [0.29, 0.717) is 0 Å². The summed E-state index contributed by atoms with van der Waals surface area (Å²) in [4.78, 5) is 4.75. The van der Waals surface area contributed by atoms with Crippen LogP contribution >= 0.6 is 0 Å². The molecular formula is C19H25N3O. The zero-order valence-electron chi connectivity index (χ0n) is 13.7. The third-order valence-corrected chi connectivity index (χ3v) is 4.19. The molecule has 2 aromatic carbocycles. The molecule has 0 aromatic heterocycles. The van der Waals surface area contributed by atoms with E-state index in [0.717, 1.165) is 45.1 Å². The number of nitrogens with two attached hydrogens (primary N) is 1. The SMILES string of the molecule is CN(Cc1cccc(N)c1)Cc1ccccc1N1CCOCC1. The summed E-state index contributed by atoms with van der Waals surface area (Å²) in [5.41, 5.74) is 10.6. The average Bonchev–Trinajstić information content (AvgIpc) is 2.56. The van der Waals surface area contributed by atoms with E-state index in [1.807, 2.05) is 18.2 Å². The highest BCUT2D eigenvalue weighted by molar-refractivity contribution is 5.54. The summed E-state index contributed by atoms with van der Waals surface area (Å²) in [6.07, 6.45) is 0. The van der Waals surface area contributed by atoms with Crippen molar-refractivity contribution in [3.05, 3.63) is 59.7 Å². The van der Waals surface area contributed by atoms with Crippen LogP contribution in [0.25, 0.3) is 0 Å². The van der Waals surface area contributed by atoms with Crippen LogP contribution in [-0.2, 0) is 17.8 Å². The highest BCUT2D eigenvalue weighted by Gasteiger charge is 2.15. The van der Waals surface area contributed by atoms with Gasteiger partial charge in [0.2, 0.25) is 0 Å². The van der Waals surface area contributed by atoms with Gasteiger partial charge in [0.25, 0.3) is 0 Å². The lowest BCUT2D eigenvalue weighted by Crippen LogP contribution is -2.37. The van der Waals surface area contributed by atoms with Crippen LogP contribution in [-0.4, -0.2) is 38.3 Å². The zero-order valence-corrected chi connectivity index (χ0v) is 13.7. The molecule has 0 saturated carbocycles. The molecule has 1 aliphatic heterocycles. The van der Waals surface area contributed by atoms with E-state index in [9.17, 15) is 0 Å². The number of hydrogen-bond donors (Lipinski definition) is 1. The molecule has 0 radical (unpaired) electrons. The number of benzene rings is 2. The first-order valence-electron chi connectivity index (χ1n) is 8.16. The molecular weight excluding hydrogens is 286 g/mol. The van der Waals surface area contributed by atoms with Gasteiger partial charge in [-0.25, -0.2) is 0 Å². The number of anilines is 2. The molecule has 122 valence electrons. The Morgan fingerprint density at radius 2 is 1.83 bits per heavy atom. The Kier molecular flexibility index (Phi) is 5.16. The molecule has 0 aliphatic carbocycles. The highest BCUT2D eigenvalue weighted by atomic mass is 16.5. The number of rotatable bonds is 5. The van der Waals surface area contributed by atoms with Crippen molar-refractivity contribution < 1.29 is 4.74 Å². The third-order valence-electron chi connectivity index (χ3n) is 4.19. The standard InChI is InChI=1S/C19H25N3O/c1-21(14-16-5-4-7-18(20)13-16)15-17-6-2-3-8-19(17)22-9-11-23-12-10-22/h2-8,13H,9-12,14-15,20H2,1H3. The fraction of sp³-hybridized carbons (Fsp3) is 0.368. The topological polar surface area (TPSA) is 41.7 Å². The van der Waals surface area contributed by atoms with Crippen molar-refractivity contribution in [1.29, 1.82) is 0 Å². The molecule has 1 saturated heterocycles. The quantitative estimate of drug-likeness (QED) is 0.862. The maximum Gasteiger partial charge on any atom is 0.0642 e. The van der Waals surface area contributed by atoms with Gasteiger partial charge in [-0.3, -0.25) is 4.90 Å². The highest BCUT2D eigenvalue weighted by Crippen LogP contribution is 2.23. The Morgan fingerprint density at radius 3 is 2.61 bits per heavy atom. The van der Waals surface area contributed by atoms with Gasteiger partial charge in [-0.2, -0.15) is 0 Å². The van der Waals surface area contributed by atoms with Crippen LogP contribution in [0.4, 0.5) is 11.4 Å². The van der Waals surface area contributed by atoms with Crippen LogP contribution in [0.5, 0.6) is 0 Å². The number of hydrogen-bond acceptors (Lipinski definition) is 4. The molecule has 3 rings (SSSR count). The molecule has 1 aliphatic rings. The zero-order chi connectivity index (χ0) is 16.1. The smallest absolute Gasteiger partial charge is 0.0642 e. The molecule has 0 bridgehead atoms. The first-order chi connectivity index (χ1) is 11.2. The summed E-state index contributed by atoms with van der Waals surface area (Å²) < 4.78 is 5.47. The second-order valence-corrected chi connectivity index (χ2v) is 6.15. The van der Waals surface area contributed by atoms with Crippen molar-refractivity contribution in [2.24, 2.45) is 0 Å². The molecule has 23 heavy (non-hydrogen) atoms. The Balaban J connectivity index is 1.69. The number of ether oxygens (including phenoxy) is 1. The van der Waals surface area contributed by atoms with Gasteiger partial charge in [-0.1, -0.05) is 30.3 Å². The summed E-state index contributed by atoms with van der Waals surface area (Å²) in [6.45, 7) is 5.37. The van der Waals surface area contributed by atoms with Crippen LogP contribution < -0.4 is 10.6 Å². The largest absolute Gasteiger partial charge is 0.399 e. The lowest BCUT2D eigenvalue weighted by atomic mass is 10.1. The molecule has 2 N–H and O–H groups in total. The number of nitrogen functional groups attached to an aromatic ring is 1. The van der Waals surface area contributed by atoms with Gasteiger partial charge in [0.05, 0.1) is 13.2 Å². The van der Waals surface area contributed by atoms with Crippen molar-refractivity contribution >= 4 is 11.4 Å². The van der Waals surface area contributed by atoms with Crippen LogP contribution in [0.15, 0.2) is 48.5 Å². The first-order valence-corrected chi connectivity index (χ1v) is 8.16. The summed E-state index contributed by atoms with van der Waals surface area (Å²) in [7, 11) is 2.15. The molecule has 0 amide bonds. The molecule has 2 aromatic rings. The third kappa shape index (κ3) is 4.24. The van der Waals surface area contributed by atoms with E-state index in [4.69, 9.17) is 10.5 Å². The predicted octanol–water partition coefficient (Wildman–Crippen LogP) is 2.74. The molecule has 0 atom stereocenters. The molecule has 1 heterocycles. The lowest BCUT2D eigenvalue weighted by Gasteiger charge is -2.31. The van der Waals surface area contributed by atoms with E-state index < -0.39 is 0 Å². The van der Waals surface area contributed by atoms with Crippen LogP contribution in [0.2, 0.25) is 0 Å². The van der Waals surface area contributed by atoms with Gasteiger partial charge in [0, 0.05) is 37.6 Å². The number of nitrogens with zero attached hydrogens (tertiary/aromatic N) is 2. The van der Waals surface area contributed by atoms with Gasteiger partial charge >= 0.3 is 0 Å². The van der Waals surface area contributed by atoms with Gasteiger partial charge in [0.1, 0.15) is 0 Å². The van der Waals surface area contributed by atoms with Gasteiger partial charge in [0.15, 0.2) is 0 Å². The second-order valence-electron chi connectivity index (χ2n) is 6.15. The average molecular weight is 311 g/mol. The fourth-order valence-electron chi connectivity index (χ4n) is 3.11. The Morgan fingerprint density at radius 1 is 1.04 bits per heavy atom. The molecule has 4 heteroatoms. The lowest BCUT2D eigenvalue weighted by molar-refractivity contribution is 0.122. The number of morpholine rings is 1. The van der Waals surface area contributed by atoms with E-state index in [1.165, 1.54) is 16.8 Å². The maximum absolute atomic E-state index is 5.87. The van der Waals surface area contributed by atoms with E-state index in [1.54, 1.807) is 0 Å². The monoisotopic (exact) mass is 311 g/mol. The first kappa shape index (κ1) is 15.8. The Hall–Kier alpha value is -2.04.